The Kier molecular flexibility index (Phi) is 3.22. The molecule has 0 aromatic heterocycles. The van der Waals surface area contributed by atoms with Gasteiger partial charge < -0.3 is 9.84 Å². The first-order chi connectivity index (χ1) is 10.1. The Bertz CT molecular complexity index is 763. The number of aromatic carboxylic acids is 1. The van der Waals surface area contributed by atoms with Gasteiger partial charge in [-0.05, 0) is 48.4 Å². The molecule has 0 bridgehead atoms. The smallest absolute Gasteiger partial charge is 0.335 e. The summed E-state index contributed by atoms with van der Waals surface area (Å²) >= 11 is 0. The van der Waals surface area contributed by atoms with E-state index in [4.69, 9.17) is 9.84 Å². The Morgan fingerprint density at radius 3 is 2.71 bits per heavy atom. The van der Waals surface area contributed by atoms with Crippen molar-refractivity contribution in [1.29, 1.82) is 0 Å². The van der Waals surface area contributed by atoms with Gasteiger partial charge in [0.1, 0.15) is 18.2 Å². The number of rotatable bonds is 2. The number of halogens is 1. The standard InChI is InChI=1S/C17H13FO3/c1-10-2-4-13(15(18)8-10)12-6-7-21-16-5-3-11(17(19)20)9-14(12)16/h2-6,8-9H,7H2,1H3,(H,19,20). The molecule has 0 amide bonds. The van der Waals surface area contributed by atoms with Crippen LogP contribution in [0.1, 0.15) is 27.0 Å². The number of carboxylic acids is 1. The van der Waals surface area contributed by atoms with Crippen molar-refractivity contribution >= 4 is 11.5 Å². The Labute approximate surface area is 121 Å². The molecule has 0 saturated heterocycles. The van der Waals surface area contributed by atoms with Gasteiger partial charge in [-0.2, -0.15) is 0 Å². The van der Waals surface area contributed by atoms with E-state index in [-0.39, 0.29) is 11.4 Å². The summed E-state index contributed by atoms with van der Waals surface area (Å²) in [6, 6.07) is 9.61. The first-order valence-electron chi connectivity index (χ1n) is 6.53. The minimum Gasteiger partial charge on any atom is -0.489 e. The lowest BCUT2D eigenvalue weighted by Crippen LogP contribution is -2.08. The van der Waals surface area contributed by atoms with E-state index in [2.05, 4.69) is 0 Å². The van der Waals surface area contributed by atoms with E-state index < -0.39 is 5.97 Å². The highest BCUT2D eigenvalue weighted by Crippen LogP contribution is 2.36. The zero-order valence-electron chi connectivity index (χ0n) is 11.4. The predicted octanol–water partition coefficient (Wildman–Crippen LogP) is 3.66. The maximum Gasteiger partial charge on any atom is 0.335 e. The van der Waals surface area contributed by atoms with Crippen LogP contribution in [0.5, 0.6) is 5.75 Å². The molecule has 3 nitrogen and oxygen atoms in total. The first-order valence-corrected chi connectivity index (χ1v) is 6.53. The molecule has 1 N–H and O–H groups in total. The van der Waals surface area contributed by atoms with Crippen molar-refractivity contribution < 1.29 is 19.0 Å². The molecule has 0 unspecified atom stereocenters. The third kappa shape index (κ3) is 2.40. The molecule has 3 rings (SSSR count). The third-order valence-corrected chi connectivity index (χ3v) is 3.46. The van der Waals surface area contributed by atoms with Crippen LogP contribution in [-0.2, 0) is 0 Å². The molecule has 4 heteroatoms. The predicted molar refractivity (Wildman–Crippen MR) is 77.1 cm³/mol. The summed E-state index contributed by atoms with van der Waals surface area (Å²) in [5, 5.41) is 9.10. The number of hydrogen-bond acceptors (Lipinski definition) is 2. The van der Waals surface area contributed by atoms with Gasteiger partial charge in [-0.1, -0.05) is 12.1 Å². The van der Waals surface area contributed by atoms with Gasteiger partial charge in [0.15, 0.2) is 0 Å². The fourth-order valence-electron chi connectivity index (χ4n) is 2.42. The molecule has 106 valence electrons. The first kappa shape index (κ1) is 13.4. The second-order valence-corrected chi connectivity index (χ2v) is 4.93. The minimum atomic E-state index is -1.02. The molecular formula is C17H13FO3. The monoisotopic (exact) mass is 284 g/mol. The molecule has 0 fully saturated rings. The van der Waals surface area contributed by atoms with E-state index in [0.29, 0.717) is 29.1 Å². The van der Waals surface area contributed by atoms with Crippen molar-refractivity contribution in [2.45, 2.75) is 6.92 Å². The summed E-state index contributed by atoms with van der Waals surface area (Å²) in [4.78, 5) is 11.1. The van der Waals surface area contributed by atoms with Crippen LogP contribution in [0.15, 0.2) is 42.5 Å². The third-order valence-electron chi connectivity index (χ3n) is 3.46. The van der Waals surface area contributed by atoms with E-state index in [0.717, 1.165) is 5.56 Å². The zero-order chi connectivity index (χ0) is 15.0. The van der Waals surface area contributed by atoms with Gasteiger partial charge in [-0.15, -0.1) is 0 Å². The van der Waals surface area contributed by atoms with Crippen LogP contribution in [0.3, 0.4) is 0 Å². The van der Waals surface area contributed by atoms with Gasteiger partial charge >= 0.3 is 5.97 Å². The average Bonchev–Trinajstić information content (AvgIpc) is 2.46. The second-order valence-electron chi connectivity index (χ2n) is 4.93. The summed E-state index contributed by atoms with van der Waals surface area (Å²) in [5.41, 5.74) is 2.70. The van der Waals surface area contributed by atoms with Crippen molar-refractivity contribution in [3.8, 4) is 5.75 Å². The SMILES string of the molecule is Cc1ccc(C2=CCOc3ccc(C(=O)O)cc32)c(F)c1. The lowest BCUT2D eigenvalue weighted by Gasteiger charge is -2.20. The van der Waals surface area contributed by atoms with E-state index in [1.165, 1.54) is 18.2 Å². The maximum absolute atomic E-state index is 14.2. The fourth-order valence-corrected chi connectivity index (χ4v) is 2.42. The van der Waals surface area contributed by atoms with Crippen LogP contribution in [0.2, 0.25) is 0 Å². The van der Waals surface area contributed by atoms with Gasteiger partial charge in [-0.3, -0.25) is 0 Å². The Morgan fingerprint density at radius 2 is 2.00 bits per heavy atom. The van der Waals surface area contributed by atoms with E-state index in [9.17, 15) is 9.18 Å². The molecule has 1 heterocycles. The molecule has 21 heavy (non-hydrogen) atoms. The molecule has 2 aromatic rings. The summed E-state index contributed by atoms with van der Waals surface area (Å²) < 4.78 is 19.7. The van der Waals surface area contributed by atoms with Gasteiger partial charge in [0, 0.05) is 11.1 Å². The molecule has 1 aliphatic heterocycles. The van der Waals surface area contributed by atoms with Gasteiger partial charge in [0.25, 0.3) is 0 Å². The number of carboxylic acid groups (broad SMARTS) is 1. The molecule has 0 aliphatic carbocycles. The number of benzene rings is 2. The van der Waals surface area contributed by atoms with Crippen LogP contribution in [0, 0.1) is 12.7 Å². The molecule has 0 spiro atoms. The Hall–Kier alpha value is -2.62. The normalized spacial score (nSPS) is 13.1. The minimum absolute atomic E-state index is 0.151. The van der Waals surface area contributed by atoms with Gasteiger partial charge in [0.2, 0.25) is 0 Å². The van der Waals surface area contributed by atoms with Crippen LogP contribution in [0.25, 0.3) is 5.57 Å². The Morgan fingerprint density at radius 1 is 1.19 bits per heavy atom. The number of aryl methyl sites for hydroxylation is 1. The number of ether oxygens (including phenoxy) is 1. The number of fused-ring (bicyclic) bond motifs is 1. The molecule has 1 aliphatic rings. The van der Waals surface area contributed by atoms with Crippen molar-refractivity contribution in [3.63, 3.8) is 0 Å². The summed E-state index contributed by atoms with van der Waals surface area (Å²) in [6.07, 6.45) is 1.77. The molecule has 2 aromatic carbocycles. The molecule has 0 radical (unpaired) electrons. The van der Waals surface area contributed by atoms with Gasteiger partial charge in [0.05, 0.1) is 5.56 Å². The maximum atomic E-state index is 14.2. The van der Waals surface area contributed by atoms with Crippen LogP contribution < -0.4 is 4.74 Å². The Balaban J connectivity index is 2.16. The molecule has 0 atom stereocenters. The van der Waals surface area contributed by atoms with E-state index in [1.807, 2.05) is 13.0 Å². The fraction of sp³-hybridized carbons (Fsp3) is 0.118. The zero-order valence-corrected chi connectivity index (χ0v) is 11.4. The largest absolute Gasteiger partial charge is 0.489 e. The lowest BCUT2D eigenvalue weighted by atomic mass is 9.93. The topological polar surface area (TPSA) is 46.5 Å². The highest BCUT2D eigenvalue weighted by atomic mass is 19.1. The number of carbonyl (C=O) groups is 1. The van der Waals surface area contributed by atoms with Crippen LogP contribution in [0.4, 0.5) is 4.39 Å². The second kappa shape index (κ2) is 5.05. The summed E-state index contributed by atoms with van der Waals surface area (Å²) in [5.74, 6) is -0.778. The average molecular weight is 284 g/mol. The lowest BCUT2D eigenvalue weighted by molar-refractivity contribution is 0.0697. The van der Waals surface area contributed by atoms with Gasteiger partial charge in [-0.25, -0.2) is 9.18 Å². The van der Waals surface area contributed by atoms with E-state index in [1.54, 1.807) is 18.2 Å². The van der Waals surface area contributed by atoms with Crippen molar-refractivity contribution in [2.24, 2.45) is 0 Å². The van der Waals surface area contributed by atoms with Crippen molar-refractivity contribution in [2.75, 3.05) is 6.61 Å². The van der Waals surface area contributed by atoms with Crippen molar-refractivity contribution in [1.82, 2.24) is 0 Å². The summed E-state index contributed by atoms with van der Waals surface area (Å²) in [7, 11) is 0. The molecular weight excluding hydrogens is 271 g/mol. The number of hydrogen-bond donors (Lipinski definition) is 1. The quantitative estimate of drug-likeness (QED) is 0.915. The van der Waals surface area contributed by atoms with E-state index >= 15 is 0 Å². The van der Waals surface area contributed by atoms with Crippen molar-refractivity contribution in [3.05, 3.63) is 70.5 Å². The highest BCUT2D eigenvalue weighted by Gasteiger charge is 2.19. The molecule has 0 saturated carbocycles. The van der Waals surface area contributed by atoms with Crippen LogP contribution >= 0.6 is 0 Å². The van der Waals surface area contributed by atoms with Crippen LogP contribution in [-0.4, -0.2) is 17.7 Å². The summed E-state index contributed by atoms with van der Waals surface area (Å²) in [6.45, 7) is 2.16. The highest BCUT2D eigenvalue weighted by molar-refractivity contribution is 5.92.